The van der Waals surface area contributed by atoms with E-state index >= 15 is 0 Å². The lowest BCUT2D eigenvalue weighted by Gasteiger charge is -2.33. The zero-order valence-corrected chi connectivity index (χ0v) is 22.1. The summed E-state index contributed by atoms with van der Waals surface area (Å²) in [5.41, 5.74) is 11.7. The monoisotopic (exact) mass is 499 g/mol. The molecule has 3 heterocycles. The highest BCUT2D eigenvalue weighted by atomic mass is 16.5. The van der Waals surface area contributed by atoms with Crippen molar-refractivity contribution in [2.75, 3.05) is 55.7 Å². The number of anilines is 3. The van der Waals surface area contributed by atoms with E-state index in [1.54, 1.807) is 0 Å². The van der Waals surface area contributed by atoms with Crippen molar-refractivity contribution in [3.63, 3.8) is 0 Å². The molecule has 0 atom stereocenters. The van der Waals surface area contributed by atoms with Crippen molar-refractivity contribution in [1.82, 2.24) is 19.8 Å². The molecule has 0 spiro atoms. The van der Waals surface area contributed by atoms with Crippen LogP contribution < -0.4 is 20.7 Å². The van der Waals surface area contributed by atoms with Crippen molar-refractivity contribution in [1.29, 1.82) is 0 Å². The first-order valence-corrected chi connectivity index (χ1v) is 13.0. The highest BCUT2D eigenvalue weighted by Gasteiger charge is 2.20. The molecular weight excluding hydrogens is 462 g/mol. The number of piperazine rings is 1. The number of nitrogens with two attached hydrogens (primary N) is 1. The van der Waals surface area contributed by atoms with Crippen LogP contribution in [0.3, 0.4) is 0 Å². The summed E-state index contributed by atoms with van der Waals surface area (Å²) >= 11 is 0. The third-order valence-electron chi connectivity index (χ3n) is 6.97. The Morgan fingerprint density at radius 3 is 2.46 bits per heavy atom. The Morgan fingerprint density at radius 2 is 1.73 bits per heavy atom. The summed E-state index contributed by atoms with van der Waals surface area (Å²) in [6.07, 6.45) is 1.12. The van der Waals surface area contributed by atoms with Gasteiger partial charge in [0.15, 0.2) is 0 Å². The second-order valence-corrected chi connectivity index (χ2v) is 10.2. The van der Waals surface area contributed by atoms with Gasteiger partial charge in [-0.2, -0.15) is 4.98 Å². The van der Waals surface area contributed by atoms with Crippen molar-refractivity contribution in [2.24, 2.45) is 0 Å². The zero-order valence-electron chi connectivity index (χ0n) is 22.1. The fourth-order valence-electron chi connectivity index (χ4n) is 4.88. The molecule has 0 bridgehead atoms. The van der Waals surface area contributed by atoms with Crippen molar-refractivity contribution >= 4 is 17.5 Å². The SMILES string of the molecule is C=C(Nc1ccc(OC(C)C)cc1)N1CCc2ccc(-c3cc(N4CCN(C)CC4)nc(N)n3)cc2C1. The third kappa shape index (κ3) is 5.97. The Bertz CT molecular complexity index is 1250. The number of rotatable bonds is 7. The molecule has 2 aromatic carbocycles. The fourth-order valence-corrected chi connectivity index (χ4v) is 4.88. The van der Waals surface area contributed by atoms with Gasteiger partial charge in [0.1, 0.15) is 11.6 Å². The highest BCUT2D eigenvalue weighted by Crippen LogP contribution is 2.29. The van der Waals surface area contributed by atoms with E-state index in [9.17, 15) is 0 Å². The van der Waals surface area contributed by atoms with E-state index in [0.717, 1.165) is 80.0 Å². The van der Waals surface area contributed by atoms with Gasteiger partial charge in [0.25, 0.3) is 0 Å². The van der Waals surface area contributed by atoms with Gasteiger partial charge in [-0.05, 0) is 68.8 Å². The average molecular weight is 500 g/mol. The quantitative estimate of drug-likeness (QED) is 0.500. The van der Waals surface area contributed by atoms with Crippen molar-refractivity contribution in [2.45, 2.75) is 32.9 Å². The molecule has 8 nitrogen and oxygen atoms in total. The Kier molecular flexibility index (Phi) is 7.19. The predicted molar refractivity (Wildman–Crippen MR) is 151 cm³/mol. The molecule has 0 amide bonds. The number of nitrogens with zero attached hydrogens (tertiary/aromatic N) is 5. The van der Waals surface area contributed by atoms with Crippen LogP contribution >= 0.6 is 0 Å². The second kappa shape index (κ2) is 10.7. The maximum atomic E-state index is 6.14. The molecule has 3 aromatic rings. The van der Waals surface area contributed by atoms with E-state index < -0.39 is 0 Å². The van der Waals surface area contributed by atoms with Gasteiger partial charge in [0.05, 0.1) is 17.6 Å². The summed E-state index contributed by atoms with van der Waals surface area (Å²) in [4.78, 5) is 16.0. The predicted octanol–water partition coefficient (Wildman–Crippen LogP) is 4.21. The molecule has 194 valence electrons. The van der Waals surface area contributed by atoms with E-state index in [2.05, 4.69) is 67.9 Å². The number of likely N-dealkylation sites (N-methyl/N-ethyl adjacent to an activating group) is 1. The van der Waals surface area contributed by atoms with E-state index in [-0.39, 0.29) is 6.10 Å². The summed E-state index contributed by atoms with van der Waals surface area (Å²) in [6, 6.07) is 16.7. The molecule has 8 heteroatoms. The average Bonchev–Trinajstić information content (AvgIpc) is 2.89. The van der Waals surface area contributed by atoms with Gasteiger partial charge in [-0.3, -0.25) is 0 Å². The Hall–Kier alpha value is -3.78. The minimum atomic E-state index is 0.157. The Balaban J connectivity index is 1.29. The first kappa shape index (κ1) is 24.9. The maximum Gasteiger partial charge on any atom is 0.222 e. The molecule has 1 saturated heterocycles. The molecule has 37 heavy (non-hydrogen) atoms. The van der Waals surface area contributed by atoms with Crippen LogP contribution in [0.5, 0.6) is 5.75 Å². The number of hydrogen-bond acceptors (Lipinski definition) is 8. The maximum absolute atomic E-state index is 6.14. The second-order valence-electron chi connectivity index (χ2n) is 10.2. The molecule has 0 saturated carbocycles. The van der Waals surface area contributed by atoms with E-state index in [4.69, 9.17) is 10.5 Å². The molecule has 0 unspecified atom stereocenters. The molecule has 1 fully saturated rings. The van der Waals surface area contributed by atoms with Crippen LogP contribution in [-0.4, -0.2) is 65.6 Å². The van der Waals surface area contributed by atoms with Gasteiger partial charge in [-0.25, -0.2) is 4.98 Å². The lowest BCUT2D eigenvalue weighted by Crippen LogP contribution is -2.44. The van der Waals surface area contributed by atoms with Crippen LogP contribution in [0.4, 0.5) is 17.5 Å². The number of ether oxygens (including phenoxy) is 1. The lowest BCUT2D eigenvalue weighted by atomic mass is 9.96. The number of hydrogen-bond donors (Lipinski definition) is 2. The van der Waals surface area contributed by atoms with Crippen molar-refractivity contribution < 1.29 is 4.74 Å². The minimum absolute atomic E-state index is 0.157. The third-order valence-corrected chi connectivity index (χ3v) is 6.97. The van der Waals surface area contributed by atoms with Crippen LogP contribution in [-0.2, 0) is 13.0 Å². The van der Waals surface area contributed by atoms with Crippen LogP contribution in [0.1, 0.15) is 25.0 Å². The lowest BCUT2D eigenvalue weighted by molar-refractivity contribution is 0.242. The van der Waals surface area contributed by atoms with E-state index in [0.29, 0.717) is 5.95 Å². The molecule has 5 rings (SSSR count). The molecule has 1 aromatic heterocycles. The normalized spacial score (nSPS) is 16.0. The van der Waals surface area contributed by atoms with Gasteiger partial charge < -0.3 is 30.5 Å². The number of benzene rings is 2. The van der Waals surface area contributed by atoms with Gasteiger partial charge in [0.2, 0.25) is 5.95 Å². The zero-order chi connectivity index (χ0) is 25.9. The molecular formula is C29H37N7O. The van der Waals surface area contributed by atoms with Crippen molar-refractivity contribution in [3.05, 3.63) is 72.1 Å². The van der Waals surface area contributed by atoms with Crippen molar-refractivity contribution in [3.8, 4) is 17.0 Å². The molecule has 0 aliphatic carbocycles. The molecule has 3 N–H and O–H groups in total. The smallest absolute Gasteiger partial charge is 0.222 e. The van der Waals surface area contributed by atoms with Crippen LogP contribution in [0.2, 0.25) is 0 Å². The number of nitrogens with one attached hydrogen (secondary N) is 1. The summed E-state index contributed by atoms with van der Waals surface area (Å²) in [5.74, 6) is 2.97. The minimum Gasteiger partial charge on any atom is -0.491 e. The first-order chi connectivity index (χ1) is 17.8. The summed E-state index contributed by atoms with van der Waals surface area (Å²) < 4.78 is 5.75. The van der Waals surface area contributed by atoms with Crippen LogP contribution in [0.25, 0.3) is 11.3 Å². The Labute approximate surface area is 219 Å². The highest BCUT2D eigenvalue weighted by molar-refractivity contribution is 5.66. The first-order valence-electron chi connectivity index (χ1n) is 13.0. The van der Waals surface area contributed by atoms with Gasteiger partial charge in [-0.1, -0.05) is 18.7 Å². The molecule has 0 radical (unpaired) electrons. The van der Waals surface area contributed by atoms with Gasteiger partial charge in [0, 0.05) is 56.6 Å². The van der Waals surface area contributed by atoms with Gasteiger partial charge >= 0.3 is 0 Å². The number of fused-ring (bicyclic) bond motifs is 1. The molecule has 2 aliphatic heterocycles. The van der Waals surface area contributed by atoms with E-state index in [1.807, 2.05) is 38.1 Å². The van der Waals surface area contributed by atoms with Crippen LogP contribution in [0, 0.1) is 0 Å². The van der Waals surface area contributed by atoms with Crippen LogP contribution in [0.15, 0.2) is 60.9 Å². The topological polar surface area (TPSA) is 82.8 Å². The standard InChI is InChI=1S/C29H37N7O/c1-20(2)37-26-9-7-25(8-10-26)31-21(3)36-12-11-22-5-6-23(17-24(22)19-36)27-18-28(33-29(30)32-27)35-15-13-34(4)14-16-35/h5-10,17-18,20,31H,3,11-16,19H2,1-2,4H3,(H2,30,32,33). The Morgan fingerprint density at radius 1 is 0.973 bits per heavy atom. The fraction of sp³-hybridized carbons (Fsp3) is 0.379. The summed E-state index contributed by atoms with van der Waals surface area (Å²) in [5, 5.41) is 3.45. The molecule has 2 aliphatic rings. The summed E-state index contributed by atoms with van der Waals surface area (Å²) in [7, 11) is 2.15. The number of nitrogen functional groups attached to an aromatic ring is 1. The number of aromatic nitrogens is 2. The summed E-state index contributed by atoms with van der Waals surface area (Å²) in [6.45, 7) is 14.0. The largest absolute Gasteiger partial charge is 0.491 e. The van der Waals surface area contributed by atoms with Gasteiger partial charge in [-0.15, -0.1) is 0 Å². The van der Waals surface area contributed by atoms with E-state index in [1.165, 1.54) is 11.1 Å².